The molecule has 3 aromatic carbocycles. The molecular weight excluding hydrogens is 499 g/mol. The highest BCUT2D eigenvalue weighted by molar-refractivity contribution is 7.99. The topological polar surface area (TPSA) is 58.6 Å². The SMILES string of the molecule is COc1cccc(CN(C(=O)CSCc2ccccc2F)[C@@H](Cc2ccccc2)C(=O)NC2CCCC2)c1. The quantitative estimate of drug-likeness (QED) is 0.321. The van der Waals surface area contributed by atoms with Gasteiger partial charge in [-0.05, 0) is 47.7 Å². The molecule has 7 heteroatoms. The number of benzene rings is 3. The van der Waals surface area contributed by atoms with E-state index in [1.54, 1.807) is 30.2 Å². The van der Waals surface area contributed by atoms with Crippen molar-refractivity contribution in [3.05, 3.63) is 101 Å². The van der Waals surface area contributed by atoms with Crippen LogP contribution in [0.25, 0.3) is 0 Å². The zero-order valence-corrected chi connectivity index (χ0v) is 22.6. The van der Waals surface area contributed by atoms with Crippen molar-refractivity contribution in [3.8, 4) is 5.75 Å². The number of rotatable bonds is 12. The molecule has 0 heterocycles. The molecule has 0 aromatic heterocycles. The van der Waals surface area contributed by atoms with Crippen molar-refractivity contribution < 1.29 is 18.7 Å². The fraction of sp³-hybridized carbons (Fsp3) is 0.355. The van der Waals surface area contributed by atoms with Gasteiger partial charge < -0.3 is 15.0 Å². The number of methoxy groups -OCH3 is 1. The smallest absolute Gasteiger partial charge is 0.243 e. The predicted molar refractivity (Wildman–Crippen MR) is 150 cm³/mol. The van der Waals surface area contributed by atoms with Crippen molar-refractivity contribution in [3.63, 3.8) is 0 Å². The van der Waals surface area contributed by atoms with Gasteiger partial charge in [0.25, 0.3) is 0 Å². The van der Waals surface area contributed by atoms with Gasteiger partial charge in [-0.2, -0.15) is 0 Å². The van der Waals surface area contributed by atoms with Crippen molar-refractivity contribution in [2.24, 2.45) is 0 Å². The van der Waals surface area contributed by atoms with Crippen LogP contribution in [0.4, 0.5) is 4.39 Å². The fourth-order valence-corrected chi connectivity index (χ4v) is 5.73. The summed E-state index contributed by atoms with van der Waals surface area (Å²) >= 11 is 1.36. The molecule has 38 heavy (non-hydrogen) atoms. The van der Waals surface area contributed by atoms with Gasteiger partial charge in [0.05, 0.1) is 12.9 Å². The molecule has 1 saturated carbocycles. The molecule has 2 amide bonds. The molecule has 0 unspecified atom stereocenters. The third-order valence-corrected chi connectivity index (χ3v) is 7.87. The summed E-state index contributed by atoms with van der Waals surface area (Å²) in [5.74, 6) is 0.647. The van der Waals surface area contributed by atoms with E-state index < -0.39 is 6.04 Å². The molecule has 5 nitrogen and oxygen atoms in total. The van der Waals surface area contributed by atoms with Gasteiger partial charge in [-0.25, -0.2) is 4.39 Å². The number of ether oxygens (including phenoxy) is 1. The Morgan fingerprint density at radius 1 is 1.00 bits per heavy atom. The van der Waals surface area contributed by atoms with Crippen molar-refractivity contribution in [1.29, 1.82) is 0 Å². The Balaban J connectivity index is 1.58. The average Bonchev–Trinajstić information content (AvgIpc) is 3.45. The largest absolute Gasteiger partial charge is 0.497 e. The molecule has 200 valence electrons. The first-order chi connectivity index (χ1) is 18.5. The lowest BCUT2D eigenvalue weighted by Crippen LogP contribution is -2.52. The molecule has 1 aliphatic carbocycles. The Bertz CT molecular complexity index is 1200. The first kappa shape index (κ1) is 27.7. The van der Waals surface area contributed by atoms with Crippen LogP contribution in [-0.2, 0) is 28.3 Å². The zero-order valence-electron chi connectivity index (χ0n) is 21.8. The van der Waals surface area contributed by atoms with E-state index in [9.17, 15) is 14.0 Å². The molecule has 0 spiro atoms. The molecule has 3 aromatic rings. The maximum absolute atomic E-state index is 14.1. The minimum atomic E-state index is -0.675. The van der Waals surface area contributed by atoms with Crippen LogP contribution in [0.1, 0.15) is 42.4 Å². The van der Waals surface area contributed by atoms with E-state index >= 15 is 0 Å². The Labute approximate surface area is 228 Å². The van der Waals surface area contributed by atoms with Gasteiger partial charge in [0.15, 0.2) is 0 Å². The summed E-state index contributed by atoms with van der Waals surface area (Å²) in [6, 6.07) is 23.4. The van der Waals surface area contributed by atoms with E-state index in [-0.39, 0.29) is 36.0 Å². The summed E-state index contributed by atoms with van der Waals surface area (Å²) in [5, 5.41) is 3.22. The molecular formula is C31H35FN2O3S. The second-order valence-corrected chi connectivity index (χ2v) is 10.6. The average molecular weight is 535 g/mol. The summed E-state index contributed by atoms with van der Waals surface area (Å²) in [6.07, 6.45) is 4.55. The number of thioether (sulfide) groups is 1. The van der Waals surface area contributed by atoms with Crippen LogP contribution in [0.5, 0.6) is 5.75 Å². The number of halogens is 1. The monoisotopic (exact) mass is 534 g/mol. The summed E-state index contributed by atoms with van der Waals surface area (Å²) in [4.78, 5) is 29.1. The van der Waals surface area contributed by atoms with Gasteiger partial charge >= 0.3 is 0 Å². The lowest BCUT2D eigenvalue weighted by molar-refractivity contribution is -0.139. The Morgan fingerprint density at radius 3 is 2.45 bits per heavy atom. The first-order valence-corrected chi connectivity index (χ1v) is 14.3. The highest BCUT2D eigenvalue weighted by Gasteiger charge is 2.32. The Hall–Kier alpha value is -3.32. The standard InChI is InChI=1S/C31H35FN2O3S/c1-37-27-16-9-12-24(18-27)20-34(30(35)22-38-21-25-13-5-8-17-28(25)32)29(19-23-10-3-2-4-11-23)31(36)33-26-14-6-7-15-26/h2-5,8-13,16-18,26,29H,6-7,14-15,19-22H2,1H3,(H,33,36)/t29-/m0/s1. The highest BCUT2D eigenvalue weighted by Crippen LogP contribution is 2.23. The molecule has 0 aliphatic heterocycles. The van der Waals surface area contributed by atoms with Crippen LogP contribution in [-0.4, -0.2) is 41.7 Å². The number of carbonyl (C=O) groups is 2. The van der Waals surface area contributed by atoms with Crippen LogP contribution in [0.3, 0.4) is 0 Å². The third-order valence-electron chi connectivity index (χ3n) is 6.90. The molecule has 1 atom stereocenters. The summed E-state index contributed by atoms with van der Waals surface area (Å²) in [7, 11) is 1.61. The maximum Gasteiger partial charge on any atom is 0.243 e. The van der Waals surface area contributed by atoms with Gasteiger partial charge in [0.1, 0.15) is 17.6 Å². The summed E-state index contributed by atoms with van der Waals surface area (Å²) < 4.78 is 19.5. The third kappa shape index (κ3) is 7.84. The van der Waals surface area contributed by atoms with Gasteiger partial charge in [0.2, 0.25) is 11.8 Å². The van der Waals surface area contributed by atoms with E-state index in [1.165, 1.54) is 17.8 Å². The van der Waals surface area contributed by atoms with Gasteiger partial charge in [0, 0.05) is 24.8 Å². The molecule has 0 radical (unpaired) electrons. The van der Waals surface area contributed by atoms with Crippen molar-refractivity contribution >= 4 is 23.6 Å². The van der Waals surface area contributed by atoms with E-state index in [2.05, 4.69) is 5.32 Å². The van der Waals surface area contributed by atoms with Crippen LogP contribution in [0.15, 0.2) is 78.9 Å². The molecule has 1 aliphatic rings. The van der Waals surface area contributed by atoms with E-state index in [0.29, 0.717) is 23.5 Å². The summed E-state index contributed by atoms with van der Waals surface area (Å²) in [6.45, 7) is 0.270. The maximum atomic E-state index is 14.1. The van der Waals surface area contributed by atoms with Crippen molar-refractivity contribution in [1.82, 2.24) is 10.2 Å². The predicted octanol–water partition coefficient (Wildman–Crippen LogP) is 5.77. The molecule has 4 rings (SSSR count). The molecule has 1 N–H and O–H groups in total. The minimum absolute atomic E-state index is 0.129. The van der Waals surface area contributed by atoms with Gasteiger partial charge in [-0.15, -0.1) is 11.8 Å². The van der Waals surface area contributed by atoms with E-state index in [1.807, 2.05) is 54.6 Å². The Morgan fingerprint density at radius 2 is 1.71 bits per heavy atom. The molecule has 0 bridgehead atoms. The van der Waals surface area contributed by atoms with Crippen molar-refractivity contribution in [2.75, 3.05) is 12.9 Å². The number of carbonyl (C=O) groups excluding carboxylic acids is 2. The number of nitrogens with one attached hydrogen (secondary N) is 1. The first-order valence-electron chi connectivity index (χ1n) is 13.1. The molecule has 1 fully saturated rings. The zero-order chi connectivity index (χ0) is 26.7. The van der Waals surface area contributed by atoms with Crippen LogP contribution < -0.4 is 10.1 Å². The van der Waals surface area contributed by atoms with Crippen LogP contribution >= 0.6 is 11.8 Å². The Kier molecular flexibility index (Phi) is 10.2. The molecule has 0 saturated heterocycles. The number of nitrogens with zero attached hydrogens (tertiary/aromatic N) is 1. The normalized spacial score (nSPS) is 14.2. The van der Waals surface area contributed by atoms with Crippen LogP contribution in [0, 0.1) is 5.82 Å². The van der Waals surface area contributed by atoms with E-state index in [4.69, 9.17) is 4.74 Å². The van der Waals surface area contributed by atoms with Crippen molar-refractivity contribution in [2.45, 2.75) is 56.5 Å². The lowest BCUT2D eigenvalue weighted by atomic mass is 10.0. The number of hydrogen-bond donors (Lipinski definition) is 1. The minimum Gasteiger partial charge on any atom is -0.497 e. The van der Waals surface area contributed by atoms with E-state index in [0.717, 1.165) is 36.8 Å². The van der Waals surface area contributed by atoms with Gasteiger partial charge in [-0.3, -0.25) is 9.59 Å². The number of amides is 2. The highest BCUT2D eigenvalue weighted by atomic mass is 32.2. The lowest BCUT2D eigenvalue weighted by Gasteiger charge is -2.32. The van der Waals surface area contributed by atoms with Gasteiger partial charge in [-0.1, -0.05) is 73.5 Å². The number of hydrogen-bond acceptors (Lipinski definition) is 4. The summed E-state index contributed by atoms with van der Waals surface area (Å²) in [5.41, 5.74) is 2.43. The van der Waals surface area contributed by atoms with Crippen LogP contribution in [0.2, 0.25) is 0 Å². The second kappa shape index (κ2) is 14.0. The fourth-order valence-electron chi connectivity index (χ4n) is 4.84. The second-order valence-electron chi connectivity index (χ2n) is 9.65.